The number of nitrogens with one attached hydrogen (secondary N) is 3. The summed E-state index contributed by atoms with van der Waals surface area (Å²) in [6.45, 7) is 6.44. The third-order valence-electron chi connectivity index (χ3n) is 6.68. The Morgan fingerprint density at radius 2 is 1.48 bits per heavy atom. The second-order valence-corrected chi connectivity index (χ2v) is 10.4. The van der Waals surface area contributed by atoms with Crippen LogP contribution in [0.3, 0.4) is 0 Å². The number of benzene rings is 1. The maximum Gasteiger partial charge on any atom is 0.305 e. The molecule has 0 heterocycles. The van der Waals surface area contributed by atoms with Crippen molar-refractivity contribution in [3.8, 4) is 0 Å². The standard InChI is InChI=1S/C27H44N4O9/c1-5-15(4)21(28)26(39)30-18(11-14(2)3)25(38)31-19(13-32)22(35)23(36)24(37)27(40)29-17(12-20(33)34)16-9-7-6-8-10-16/h6-10,14-15,17-19,21-24,32,35-37H,5,11-13,28H2,1-4H3,(H,29,40)(H,30,39)(H,31,38)(H,33,34)/t15-,17-,18-,19-,21-,22+,23+,24-/m0/s1. The van der Waals surface area contributed by atoms with E-state index in [1.807, 2.05) is 20.8 Å². The van der Waals surface area contributed by atoms with Crippen molar-refractivity contribution in [3.05, 3.63) is 35.9 Å². The lowest BCUT2D eigenvalue weighted by Crippen LogP contribution is -2.60. The highest BCUT2D eigenvalue weighted by atomic mass is 16.4. The van der Waals surface area contributed by atoms with Gasteiger partial charge >= 0.3 is 5.97 Å². The number of aliphatic hydroxyl groups is 4. The first-order chi connectivity index (χ1) is 18.7. The van der Waals surface area contributed by atoms with E-state index >= 15 is 0 Å². The summed E-state index contributed by atoms with van der Waals surface area (Å²) in [4.78, 5) is 49.5. The molecule has 0 aromatic heterocycles. The molecule has 0 spiro atoms. The first kappa shape index (κ1) is 34.9. The van der Waals surface area contributed by atoms with Crippen LogP contribution in [-0.4, -0.2) is 92.3 Å². The second kappa shape index (κ2) is 16.9. The van der Waals surface area contributed by atoms with Crippen LogP contribution < -0.4 is 21.7 Å². The molecule has 0 bridgehead atoms. The molecule has 8 atom stereocenters. The highest BCUT2D eigenvalue weighted by Gasteiger charge is 2.37. The van der Waals surface area contributed by atoms with E-state index in [4.69, 9.17) is 5.73 Å². The van der Waals surface area contributed by atoms with Gasteiger partial charge in [0.15, 0.2) is 6.10 Å². The molecular formula is C27H44N4O9. The normalized spacial score (nSPS) is 17.4. The molecule has 0 aliphatic rings. The van der Waals surface area contributed by atoms with Crippen LogP contribution >= 0.6 is 0 Å². The molecule has 1 aromatic rings. The number of aliphatic carboxylic acids is 1. The monoisotopic (exact) mass is 568 g/mol. The lowest BCUT2D eigenvalue weighted by Gasteiger charge is -2.31. The number of carboxylic acids is 1. The average Bonchev–Trinajstić information content (AvgIpc) is 2.92. The number of carboxylic acid groups (broad SMARTS) is 1. The maximum atomic E-state index is 13.0. The van der Waals surface area contributed by atoms with E-state index in [1.165, 1.54) is 0 Å². The molecule has 0 unspecified atom stereocenters. The molecule has 13 nitrogen and oxygen atoms in total. The fraction of sp³-hybridized carbons (Fsp3) is 0.630. The molecule has 3 amide bonds. The van der Waals surface area contributed by atoms with Gasteiger partial charge in [-0.2, -0.15) is 0 Å². The Kier molecular flexibility index (Phi) is 14.7. The first-order valence-electron chi connectivity index (χ1n) is 13.3. The summed E-state index contributed by atoms with van der Waals surface area (Å²) in [6, 6.07) is 3.61. The Morgan fingerprint density at radius 1 is 0.875 bits per heavy atom. The molecular weight excluding hydrogens is 524 g/mol. The summed E-state index contributed by atoms with van der Waals surface area (Å²) in [5, 5.41) is 57.8. The van der Waals surface area contributed by atoms with E-state index in [-0.39, 0.29) is 18.3 Å². The lowest BCUT2D eigenvalue weighted by molar-refractivity contribution is -0.145. The fourth-order valence-electron chi connectivity index (χ4n) is 3.95. The van der Waals surface area contributed by atoms with Crippen molar-refractivity contribution in [2.45, 2.75) is 89.4 Å². The molecule has 0 saturated carbocycles. The summed E-state index contributed by atoms with van der Waals surface area (Å²) < 4.78 is 0. The van der Waals surface area contributed by atoms with Crippen molar-refractivity contribution < 1.29 is 44.7 Å². The van der Waals surface area contributed by atoms with Crippen molar-refractivity contribution in [3.63, 3.8) is 0 Å². The minimum atomic E-state index is -2.24. The summed E-state index contributed by atoms with van der Waals surface area (Å²) in [7, 11) is 0. The zero-order chi connectivity index (χ0) is 30.6. The number of nitrogens with two attached hydrogens (primary N) is 1. The lowest BCUT2D eigenvalue weighted by atomic mass is 9.96. The van der Waals surface area contributed by atoms with E-state index in [0.717, 1.165) is 0 Å². The predicted molar refractivity (Wildman–Crippen MR) is 145 cm³/mol. The molecule has 1 rings (SSSR count). The Bertz CT molecular complexity index is 963. The van der Waals surface area contributed by atoms with Crippen LogP contribution in [0.25, 0.3) is 0 Å². The smallest absolute Gasteiger partial charge is 0.305 e. The third kappa shape index (κ3) is 10.8. The van der Waals surface area contributed by atoms with E-state index in [9.17, 15) is 44.7 Å². The van der Waals surface area contributed by atoms with Gasteiger partial charge in [0, 0.05) is 0 Å². The van der Waals surface area contributed by atoms with Gasteiger partial charge in [0.1, 0.15) is 18.2 Å². The second-order valence-electron chi connectivity index (χ2n) is 10.4. The van der Waals surface area contributed by atoms with Gasteiger partial charge < -0.3 is 47.2 Å². The maximum absolute atomic E-state index is 13.0. The number of carbonyl (C=O) groups excluding carboxylic acids is 3. The largest absolute Gasteiger partial charge is 0.481 e. The van der Waals surface area contributed by atoms with Gasteiger partial charge in [-0.15, -0.1) is 0 Å². The molecule has 40 heavy (non-hydrogen) atoms. The molecule has 0 fully saturated rings. The molecule has 13 heteroatoms. The zero-order valence-electron chi connectivity index (χ0n) is 23.4. The van der Waals surface area contributed by atoms with Crippen LogP contribution in [0.5, 0.6) is 0 Å². The zero-order valence-corrected chi connectivity index (χ0v) is 23.4. The molecule has 0 aliphatic carbocycles. The number of aliphatic hydroxyl groups excluding tert-OH is 4. The van der Waals surface area contributed by atoms with Gasteiger partial charge in [-0.3, -0.25) is 19.2 Å². The first-order valence-corrected chi connectivity index (χ1v) is 13.3. The fourth-order valence-corrected chi connectivity index (χ4v) is 3.95. The predicted octanol–water partition coefficient (Wildman–Crippen LogP) is -1.22. The van der Waals surface area contributed by atoms with Crippen LogP contribution in [0.15, 0.2) is 30.3 Å². The summed E-state index contributed by atoms with van der Waals surface area (Å²) >= 11 is 0. The van der Waals surface area contributed by atoms with Gasteiger partial charge in [0.05, 0.1) is 31.2 Å². The molecule has 0 saturated heterocycles. The van der Waals surface area contributed by atoms with Crippen LogP contribution in [0.4, 0.5) is 0 Å². The van der Waals surface area contributed by atoms with Crippen LogP contribution in [-0.2, 0) is 19.2 Å². The highest BCUT2D eigenvalue weighted by Crippen LogP contribution is 2.18. The van der Waals surface area contributed by atoms with Gasteiger partial charge in [0.25, 0.3) is 5.91 Å². The Balaban J connectivity index is 2.96. The Hall–Kier alpha value is -3.10. The van der Waals surface area contributed by atoms with E-state index < -0.39 is 79.2 Å². The number of hydrogen-bond donors (Lipinski definition) is 9. The number of rotatable bonds is 17. The Labute approximate surface area is 234 Å². The van der Waals surface area contributed by atoms with Gasteiger partial charge in [-0.1, -0.05) is 64.4 Å². The van der Waals surface area contributed by atoms with E-state index in [2.05, 4.69) is 16.0 Å². The Morgan fingerprint density at radius 3 is 1.98 bits per heavy atom. The number of hydrogen-bond acceptors (Lipinski definition) is 9. The van der Waals surface area contributed by atoms with Crippen molar-refractivity contribution in [2.24, 2.45) is 17.6 Å². The topological polar surface area (TPSA) is 232 Å². The van der Waals surface area contributed by atoms with Crippen molar-refractivity contribution in [2.75, 3.05) is 6.61 Å². The van der Waals surface area contributed by atoms with Gasteiger partial charge in [-0.25, -0.2) is 0 Å². The minimum Gasteiger partial charge on any atom is -0.481 e. The van der Waals surface area contributed by atoms with Crippen LogP contribution in [0.1, 0.15) is 58.6 Å². The van der Waals surface area contributed by atoms with Gasteiger partial charge in [0.2, 0.25) is 11.8 Å². The number of amides is 3. The van der Waals surface area contributed by atoms with Crippen molar-refractivity contribution in [1.82, 2.24) is 16.0 Å². The number of carbonyl (C=O) groups is 4. The molecule has 1 aromatic carbocycles. The average molecular weight is 569 g/mol. The van der Waals surface area contributed by atoms with Crippen LogP contribution in [0, 0.1) is 11.8 Å². The molecule has 226 valence electrons. The minimum absolute atomic E-state index is 0.0344. The van der Waals surface area contributed by atoms with Crippen molar-refractivity contribution >= 4 is 23.7 Å². The van der Waals surface area contributed by atoms with Crippen molar-refractivity contribution in [1.29, 1.82) is 0 Å². The molecule has 0 aliphatic heterocycles. The molecule has 0 radical (unpaired) electrons. The summed E-state index contributed by atoms with van der Waals surface area (Å²) in [5.41, 5.74) is 6.41. The van der Waals surface area contributed by atoms with Gasteiger partial charge in [-0.05, 0) is 23.8 Å². The van der Waals surface area contributed by atoms with Crippen LogP contribution in [0.2, 0.25) is 0 Å². The van der Waals surface area contributed by atoms with E-state index in [0.29, 0.717) is 12.0 Å². The van der Waals surface area contributed by atoms with E-state index in [1.54, 1.807) is 37.3 Å². The molecule has 10 N–H and O–H groups in total. The highest BCUT2D eigenvalue weighted by molar-refractivity contribution is 5.90. The summed E-state index contributed by atoms with van der Waals surface area (Å²) in [5.74, 6) is -3.89. The SMILES string of the molecule is CC[C@H](C)[C@H](N)C(=O)N[C@@H](CC(C)C)C(=O)N[C@@H](CO)[C@@H](O)[C@@H](O)[C@H](O)C(=O)N[C@@H](CC(=O)O)c1ccccc1. The quantitative estimate of drug-likeness (QED) is 0.109. The summed E-state index contributed by atoms with van der Waals surface area (Å²) in [6.07, 6.45) is -6.08. The third-order valence-corrected chi connectivity index (χ3v) is 6.68.